The van der Waals surface area contributed by atoms with Crippen molar-refractivity contribution in [3.8, 4) is 5.75 Å². The molecule has 1 aromatic rings. The van der Waals surface area contributed by atoms with Crippen molar-refractivity contribution in [2.24, 2.45) is 0 Å². The third-order valence-electron chi connectivity index (χ3n) is 2.31. The van der Waals surface area contributed by atoms with E-state index in [2.05, 4.69) is 0 Å². The first kappa shape index (κ1) is 12.3. The number of phenolic OH excluding ortho intramolecular Hbond substituents is 1. The number of hydrogen-bond acceptors (Lipinski definition) is 1. The van der Waals surface area contributed by atoms with Gasteiger partial charge in [-0.25, -0.2) is 0 Å². The maximum atomic E-state index is 10.1. The summed E-state index contributed by atoms with van der Waals surface area (Å²) in [5.74, 6) is 0.340. The molecular weight excluding hydrogens is 196 g/mol. The molecule has 1 aromatic carbocycles. The molecule has 0 aromatic heterocycles. The summed E-state index contributed by atoms with van der Waals surface area (Å²) in [6.07, 6.45) is 11.6. The highest BCUT2D eigenvalue weighted by Crippen LogP contribution is 2.29. The van der Waals surface area contributed by atoms with Crippen molar-refractivity contribution < 1.29 is 5.11 Å². The van der Waals surface area contributed by atoms with Crippen LogP contribution in [0.3, 0.4) is 0 Å². The monoisotopic (exact) mass is 214 g/mol. The average molecular weight is 214 g/mol. The van der Waals surface area contributed by atoms with Gasteiger partial charge in [0.2, 0.25) is 0 Å². The summed E-state index contributed by atoms with van der Waals surface area (Å²) in [6.45, 7) is 5.85. The largest absolute Gasteiger partial charge is 0.507 e. The molecule has 0 bridgehead atoms. The van der Waals surface area contributed by atoms with Crippen LogP contribution in [0.25, 0.3) is 18.2 Å². The fraction of sp³-hybridized carbons (Fsp3) is 0.200. The van der Waals surface area contributed by atoms with Crippen LogP contribution in [0.1, 0.15) is 37.5 Å². The van der Waals surface area contributed by atoms with Gasteiger partial charge in [-0.2, -0.15) is 0 Å². The van der Waals surface area contributed by atoms with E-state index < -0.39 is 0 Å². The van der Waals surface area contributed by atoms with Crippen LogP contribution in [0.4, 0.5) is 0 Å². The van der Waals surface area contributed by atoms with Crippen LogP contribution >= 0.6 is 0 Å². The first-order chi connectivity index (χ1) is 7.74. The lowest BCUT2D eigenvalue weighted by molar-refractivity contribution is 0.472. The van der Waals surface area contributed by atoms with Crippen LogP contribution in [0, 0.1) is 0 Å². The van der Waals surface area contributed by atoms with E-state index in [1.807, 2.05) is 69.4 Å². The maximum absolute atomic E-state index is 10.1. The summed E-state index contributed by atoms with van der Waals surface area (Å²) in [6, 6.07) is 3.95. The predicted molar refractivity (Wildman–Crippen MR) is 72.2 cm³/mol. The van der Waals surface area contributed by atoms with Gasteiger partial charge in [-0.15, -0.1) is 0 Å². The lowest BCUT2D eigenvalue weighted by atomic mass is 10.0. The molecule has 16 heavy (non-hydrogen) atoms. The Morgan fingerprint density at radius 1 is 0.812 bits per heavy atom. The van der Waals surface area contributed by atoms with Crippen LogP contribution < -0.4 is 0 Å². The molecule has 0 aliphatic rings. The fourth-order valence-electron chi connectivity index (χ4n) is 1.62. The fourth-order valence-corrected chi connectivity index (χ4v) is 1.62. The standard InChI is InChI=1S/C15H18O/c1-4-7-12-10-11-13(8-5-2)15(16)14(12)9-6-3/h4-11,16H,1-3H3. The summed E-state index contributed by atoms with van der Waals surface area (Å²) in [4.78, 5) is 0. The summed E-state index contributed by atoms with van der Waals surface area (Å²) in [5, 5.41) is 10.1. The second-order valence-electron chi connectivity index (χ2n) is 3.51. The molecule has 0 aliphatic carbocycles. The zero-order chi connectivity index (χ0) is 12.0. The van der Waals surface area contributed by atoms with Crippen molar-refractivity contribution in [2.45, 2.75) is 20.8 Å². The van der Waals surface area contributed by atoms with Gasteiger partial charge >= 0.3 is 0 Å². The molecule has 0 radical (unpaired) electrons. The first-order valence-corrected chi connectivity index (χ1v) is 5.48. The minimum Gasteiger partial charge on any atom is -0.507 e. The molecule has 0 spiro atoms. The van der Waals surface area contributed by atoms with Crippen molar-refractivity contribution in [3.05, 3.63) is 47.1 Å². The van der Waals surface area contributed by atoms with Crippen LogP contribution in [0.5, 0.6) is 5.75 Å². The van der Waals surface area contributed by atoms with Gasteiger partial charge in [0.15, 0.2) is 0 Å². The Morgan fingerprint density at radius 3 is 1.88 bits per heavy atom. The van der Waals surface area contributed by atoms with Crippen molar-refractivity contribution in [2.75, 3.05) is 0 Å². The van der Waals surface area contributed by atoms with Gasteiger partial charge in [0.1, 0.15) is 5.75 Å². The summed E-state index contributed by atoms with van der Waals surface area (Å²) in [7, 11) is 0. The molecule has 0 unspecified atom stereocenters. The molecule has 0 atom stereocenters. The lowest BCUT2D eigenvalue weighted by Gasteiger charge is -2.07. The zero-order valence-corrected chi connectivity index (χ0v) is 10.1. The van der Waals surface area contributed by atoms with E-state index in [1.54, 1.807) is 0 Å². The molecule has 0 saturated heterocycles. The van der Waals surface area contributed by atoms with Gasteiger partial charge in [-0.1, -0.05) is 48.6 Å². The first-order valence-electron chi connectivity index (χ1n) is 5.48. The molecule has 1 N–H and O–H groups in total. The van der Waals surface area contributed by atoms with Crippen LogP contribution in [0.15, 0.2) is 30.4 Å². The number of rotatable bonds is 3. The van der Waals surface area contributed by atoms with Gasteiger partial charge in [0.25, 0.3) is 0 Å². The Morgan fingerprint density at radius 2 is 1.31 bits per heavy atom. The molecule has 0 saturated carbocycles. The molecule has 0 amide bonds. The highest BCUT2D eigenvalue weighted by Gasteiger charge is 2.06. The van der Waals surface area contributed by atoms with Crippen molar-refractivity contribution in [1.82, 2.24) is 0 Å². The van der Waals surface area contributed by atoms with Crippen LogP contribution in [-0.2, 0) is 0 Å². The molecule has 1 rings (SSSR count). The van der Waals surface area contributed by atoms with E-state index in [-0.39, 0.29) is 0 Å². The minimum atomic E-state index is 0.340. The van der Waals surface area contributed by atoms with Gasteiger partial charge in [-0.3, -0.25) is 0 Å². The van der Waals surface area contributed by atoms with E-state index >= 15 is 0 Å². The molecule has 1 nitrogen and oxygen atoms in total. The summed E-state index contributed by atoms with van der Waals surface area (Å²) < 4.78 is 0. The van der Waals surface area contributed by atoms with Crippen molar-refractivity contribution >= 4 is 18.2 Å². The van der Waals surface area contributed by atoms with Gasteiger partial charge in [0, 0.05) is 11.1 Å². The molecule has 0 heterocycles. The Kier molecular flexibility index (Phi) is 4.59. The SMILES string of the molecule is CC=Cc1ccc(C=CC)c(C=CC)c1O. The Bertz CT molecular complexity index is 437. The normalized spacial score (nSPS) is 12.2. The van der Waals surface area contributed by atoms with Crippen molar-refractivity contribution in [3.63, 3.8) is 0 Å². The number of phenols is 1. The highest BCUT2D eigenvalue weighted by atomic mass is 16.3. The Hall–Kier alpha value is -1.76. The maximum Gasteiger partial charge on any atom is 0.130 e. The average Bonchev–Trinajstić information content (AvgIpc) is 2.28. The van der Waals surface area contributed by atoms with Gasteiger partial charge in [-0.05, 0) is 26.3 Å². The predicted octanol–water partition coefficient (Wildman–Crippen LogP) is 4.49. The zero-order valence-electron chi connectivity index (χ0n) is 10.1. The van der Waals surface area contributed by atoms with E-state index in [1.165, 1.54) is 0 Å². The molecule has 1 heteroatoms. The van der Waals surface area contributed by atoms with E-state index in [0.29, 0.717) is 5.75 Å². The van der Waals surface area contributed by atoms with Gasteiger partial charge in [0.05, 0.1) is 0 Å². The number of aromatic hydroxyl groups is 1. The quantitative estimate of drug-likeness (QED) is 0.785. The molecular formula is C15H18O. The minimum absolute atomic E-state index is 0.340. The molecule has 0 aliphatic heterocycles. The molecule has 0 fully saturated rings. The number of hydrogen-bond donors (Lipinski definition) is 1. The summed E-state index contributed by atoms with van der Waals surface area (Å²) >= 11 is 0. The highest BCUT2D eigenvalue weighted by molar-refractivity contribution is 5.75. The van der Waals surface area contributed by atoms with E-state index in [0.717, 1.165) is 16.7 Å². The van der Waals surface area contributed by atoms with E-state index in [4.69, 9.17) is 0 Å². The second-order valence-corrected chi connectivity index (χ2v) is 3.51. The topological polar surface area (TPSA) is 20.2 Å². The Labute approximate surface area is 97.4 Å². The smallest absolute Gasteiger partial charge is 0.130 e. The number of allylic oxidation sites excluding steroid dienone is 3. The second kappa shape index (κ2) is 5.96. The van der Waals surface area contributed by atoms with Gasteiger partial charge < -0.3 is 5.11 Å². The Balaban J connectivity index is 3.40. The molecule has 84 valence electrons. The number of benzene rings is 1. The lowest BCUT2D eigenvalue weighted by Crippen LogP contribution is -1.85. The van der Waals surface area contributed by atoms with Crippen molar-refractivity contribution in [1.29, 1.82) is 0 Å². The van der Waals surface area contributed by atoms with E-state index in [9.17, 15) is 5.11 Å². The van der Waals surface area contributed by atoms with Crippen LogP contribution in [-0.4, -0.2) is 5.11 Å². The van der Waals surface area contributed by atoms with Crippen LogP contribution in [0.2, 0.25) is 0 Å². The summed E-state index contributed by atoms with van der Waals surface area (Å²) in [5.41, 5.74) is 2.76. The third kappa shape index (κ3) is 2.63. The third-order valence-corrected chi connectivity index (χ3v) is 2.31.